The maximum Gasteiger partial charge on any atom is 0.267 e. The molecule has 1 aromatic rings. The van der Waals surface area contributed by atoms with Crippen molar-refractivity contribution in [3.63, 3.8) is 0 Å². The van der Waals surface area contributed by atoms with Gasteiger partial charge in [-0.05, 0) is 38.7 Å². The van der Waals surface area contributed by atoms with Crippen LogP contribution in [0.1, 0.15) is 36.6 Å². The fourth-order valence-electron chi connectivity index (χ4n) is 1.54. The van der Waals surface area contributed by atoms with E-state index in [9.17, 15) is 4.79 Å². The van der Waals surface area contributed by atoms with Crippen LogP contribution in [-0.2, 0) is 0 Å². The Balaban J connectivity index is 2.45. The summed E-state index contributed by atoms with van der Waals surface area (Å²) in [5.41, 5.74) is 2.00. The van der Waals surface area contributed by atoms with E-state index in [1.54, 1.807) is 10.7 Å². The third-order valence-corrected chi connectivity index (χ3v) is 2.81. The third kappa shape index (κ3) is 1.39. The van der Waals surface area contributed by atoms with E-state index < -0.39 is 0 Å². The molecule has 0 radical (unpaired) electrons. The summed E-state index contributed by atoms with van der Waals surface area (Å²) < 4.78 is 1.64. The van der Waals surface area contributed by atoms with Gasteiger partial charge in [-0.2, -0.15) is 5.10 Å². The Morgan fingerprint density at radius 1 is 1.46 bits per heavy atom. The van der Waals surface area contributed by atoms with Crippen LogP contribution in [0.3, 0.4) is 0 Å². The first kappa shape index (κ1) is 8.48. The van der Waals surface area contributed by atoms with Crippen molar-refractivity contribution < 1.29 is 0 Å². The van der Waals surface area contributed by atoms with E-state index >= 15 is 0 Å². The van der Waals surface area contributed by atoms with Gasteiger partial charge in [0.05, 0.1) is 11.7 Å². The third-order valence-electron chi connectivity index (χ3n) is 2.81. The average molecular weight is 178 g/mol. The molecule has 0 amide bonds. The van der Waals surface area contributed by atoms with Crippen molar-refractivity contribution >= 4 is 0 Å². The lowest BCUT2D eigenvalue weighted by molar-refractivity contribution is 0.277. The second-order valence-corrected chi connectivity index (χ2v) is 3.78. The molecule has 1 aliphatic carbocycles. The molecule has 0 unspecified atom stereocenters. The molecule has 0 atom stereocenters. The van der Waals surface area contributed by atoms with Crippen LogP contribution in [0, 0.1) is 13.8 Å². The van der Waals surface area contributed by atoms with Gasteiger partial charge in [0, 0.05) is 6.07 Å². The number of hydrogen-bond acceptors (Lipinski definition) is 2. The molecule has 2 rings (SSSR count). The molecule has 1 saturated carbocycles. The number of rotatable bonds is 1. The van der Waals surface area contributed by atoms with Crippen LogP contribution in [0.5, 0.6) is 0 Å². The Morgan fingerprint density at radius 2 is 2.15 bits per heavy atom. The molecule has 0 bridgehead atoms. The van der Waals surface area contributed by atoms with Crippen LogP contribution in [0.2, 0.25) is 0 Å². The van der Waals surface area contributed by atoms with Crippen LogP contribution < -0.4 is 5.56 Å². The van der Waals surface area contributed by atoms with Gasteiger partial charge in [0.1, 0.15) is 0 Å². The highest BCUT2D eigenvalue weighted by atomic mass is 16.1. The zero-order valence-corrected chi connectivity index (χ0v) is 8.08. The van der Waals surface area contributed by atoms with E-state index in [0.717, 1.165) is 24.1 Å². The van der Waals surface area contributed by atoms with Crippen molar-refractivity contribution in [2.45, 2.75) is 39.2 Å². The smallest absolute Gasteiger partial charge is 0.267 e. The number of aromatic nitrogens is 2. The Hall–Kier alpha value is -1.12. The zero-order valence-electron chi connectivity index (χ0n) is 8.08. The fraction of sp³-hybridized carbons (Fsp3) is 0.600. The van der Waals surface area contributed by atoms with Crippen molar-refractivity contribution in [3.8, 4) is 0 Å². The number of aryl methyl sites for hydroxylation is 2. The standard InChI is InChI=1S/C10H14N2O/c1-7-6-10(13)12(11-8(7)2)9-4-3-5-9/h6,9H,3-5H2,1-2H3. The van der Waals surface area contributed by atoms with Crippen LogP contribution in [0.25, 0.3) is 0 Å². The maximum atomic E-state index is 11.5. The number of hydrogen-bond donors (Lipinski definition) is 0. The topological polar surface area (TPSA) is 34.9 Å². The highest BCUT2D eigenvalue weighted by Crippen LogP contribution is 2.29. The largest absolute Gasteiger partial charge is 0.268 e. The highest BCUT2D eigenvalue weighted by molar-refractivity contribution is 5.13. The second kappa shape index (κ2) is 2.98. The average Bonchev–Trinajstić information content (AvgIpc) is 1.96. The quantitative estimate of drug-likeness (QED) is 0.654. The Bertz CT molecular complexity index is 377. The molecule has 1 aliphatic rings. The zero-order chi connectivity index (χ0) is 9.42. The number of nitrogens with zero attached hydrogens (tertiary/aromatic N) is 2. The van der Waals surface area contributed by atoms with Crippen molar-refractivity contribution in [1.82, 2.24) is 9.78 Å². The molecule has 0 N–H and O–H groups in total. The molecular weight excluding hydrogens is 164 g/mol. The molecule has 13 heavy (non-hydrogen) atoms. The van der Waals surface area contributed by atoms with E-state index in [2.05, 4.69) is 5.10 Å². The summed E-state index contributed by atoms with van der Waals surface area (Å²) in [7, 11) is 0. The van der Waals surface area contributed by atoms with Gasteiger partial charge >= 0.3 is 0 Å². The second-order valence-electron chi connectivity index (χ2n) is 3.78. The predicted molar refractivity (Wildman–Crippen MR) is 50.9 cm³/mol. The summed E-state index contributed by atoms with van der Waals surface area (Å²) in [6, 6.07) is 2.05. The summed E-state index contributed by atoms with van der Waals surface area (Å²) in [5.74, 6) is 0. The minimum absolute atomic E-state index is 0.0489. The van der Waals surface area contributed by atoms with Crippen LogP contribution in [-0.4, -0.2) is 9.78 Å². The van der Waals surface area contributed by atoms with Gasteiger partial charge in [0.2, 0.25) is 0 Å². The molecule has 70 valence electrons. The highest BCUT2D eigenvalue weighted by Gasteiger charge is 2.21. The first-order valence-electron chi connectivity index (χ1n) is 4.75. The summed E-state index contributed by atoms with van der Waals surface area (Å²) >= 11 is 0. The van der Waals surface area contributed by atoms with Crippen molar-refractivity contribution in [2.24, 2.45) is 0 Å². The van der Waals surface area contributed by atoms with Crippen LogP contribution in [0.4, 0.5) is 0 Å². The summed E-state index contributed by atoms with van der Waals surface area (Å²) in [6.07, 6.45) is 3.44. The van der Waals surface area contributed by atoms with Crippen molar-refractivity contribution in [2.75, 3.05) is 0 Å². The van der Waals surface area contributed by atoms with Gasteiger partial charge in [-0.3, -0.25) is 4.79 Å². The summed E-state index contributed by atoms with van der Waals surface area (Å²) in [4.78, 5) is 11.5. The molecule has 3 nitrogen and oxygen atoms in total. The van der Waals surface area contributed by atoms with E-state index in [-0.39, 0.29) is 5.56 Å². The van der Waals surface area contributed by atoms with Crippen molar-refractivity contribution in [1.29, 1.82) is 0 Å². The molecule has 3 heteroatoms. The minimum Gasteiger partial charge on any atom is -0.268 e. The fourth-order valence-corrected chi connectivity index (χ4v) is 1.54. The SMILES string of the molecule is Cc1cc(=O)n(C2CCC2)nc1C. The Morgan fingerprint density at radius 3 is 2.69 bits per heavy atom. The van der Waals surface area contributed by atoms with E-state index in [0.29, 0.717) is 6.04 Å². The first-order valence-corrected chi connectivity index (χ1v) is 4.75. The van der Waals surface area contributed by atoms with Gasteiger partial charge in [-0.1, -0.05) is 0 Å². The van der Waals surface area contributed by atoms with Crippen molar-refractivity contribution in [3.05, 3.63) is 27.7 Å². The predicted octanol–water partition coefficient (Wildman–Crippen LogP) is 1.59. The normalized spacial score (nSPS) is 17.1. The molecular formula is C10H14N2O. The molecule has 0 spiro atoms. The van der Waals surface area contributed by atoms with E-state index in [4.69, 9.17) is 0 Å². The Labute approximate surface area is 77.4 Å². The molecule has 1 fully saturated rings. The lowest BCUT2D eigenvalue weighted by Crippen LogP contribution is -2.31. The summed E-state index contributed by atoms with van der Waals surface area (Å²) in [6.45, 7) is 3.87. The van der Waals surface area contributed by atoms with Gasteiger partial charge in [-0.15, -0.1) is 0 Å². The van der Waals surface area contributed by atoms with E-state index in [1.807, 2.05) is 13.8 Å². The van der Waals surface area contributed by atoms with Crippen LogP contribution >= 0.6 is 0 Å². The van der Waals surface area contributed by atoms with Gasteiger partial charge in [-0.25, -0.2) is 4.68 Å². The first-order chi connectivity index (χ1) is 6.18. The maximum absolute atomic E-state index is 11.5. The minimum atomic E-state index is 0.0489. The monoisotopic (exact) mass is 178 g/mol. The molecule has 0 aromatic carbocycles. The molecule has 1 heterocycles. The molecule has 1 aromatic heterocycles. The van der Waals surface area contributed by atoms with Crippen LogP contribution in [0.15, 0.2) is 10.9 Å². The Kier molecular flexibility index (Phi) is 1.94. The van der Waals surface area contributed by atoms with Gasteiger partial charge < -0.3 is 0 Å². The van der Waals surface area contributed by atoms with Gasteiger partial charge in [0.15, 0.2) is 0 Å². The summed E-state index contributed by atoms with van der Waals surface area (Å²) in [5, 5.41) is 4.30. The van der Waals surface area contributed by atoms with E-state index in [1.165, 1.54) is 6.42 Å². The van der Waals surface area contributed by atoms with Gasteiger partial charge in [0.25, 0.3) is 5.56 Å². The molecule has 0 saturated heterocycles. The molecule has 0 aliphatic heterocycles. The lowest BCUT2D eigenvalue weighted by Gasteiger charge is -2.26. The lowest BCUT2D eigenvalue weighted by atomic mass is 9.93.